The SMILES string of the molecule is Cn1c(=O)n([C@H]2CCCNC2)c2nc(-c3cnn4ccccc34)ccc21. The van der Waals surface area contributed by atoms with Crippen LogP contribution in [0.15, 0.2) is 47.5 Å². The molecule has 4 aromatic heterocycles. The van der Waals surface area contributed by atoms with Gasteiger partial charge in [0, 0.05) is 25.4 Å². The lowest BCUT2D eigenvalue weighted by molar-refractivity contribution is 0.368. The Hall–Kier alpha value is -2.93. The molecule has 0 bridgehead atoms. The zero-order chi connectivity index (χ0) is 17.7. The molecule has 0 aromatic carbocycles. The van der Waals surface area contributed by atoms with E-state index in [0.29, 0.717) is 0 Å². The van der Waals surface area contributed by atoms with Crippen LogP contribution in [0.4, 0.5) is 0 Å². The van der Waals surface area contributed by atoms with Gasteiger partial charge < -0.3 is 5.32 Å². The number of hydrogen-bond donors (Lipinski definition) is 1. The molecular weight excluding hydrogens is 328 g/mol. The van der Waals surface area contributed by atoms with Crippen LogP contribution in [0.5, 0.6) is 0 Å². The van der Waals surface area contributed by atoms with Crippen LogP contribution in [-0.2, 0) is 7.05 Å². The predicted octanol–water partition coefficient (Wildman–Crippen LogP) is 1.97. The Labute approximate surface area is 149 Å². The first-order valence-corrected chi connectivity index (χ1v) is 8.95. The Balaban J connectivity index is 1.73. The van der Waals surface area contributed by atoms with Crippen LogP contribution >= 0.6 is 0 Å². The fourth-order valence-electron chi connectivity index (χ4n) is 3.90. The minimum absolute atomic E-state index is 0.00165. The van der Waals surface area contributed by atoms with Gasteiger partial charge in [0.05, 0.1) is 29.0 Å². The number of fused-ring (bicyclic) bond motifs is 2. The number of hydrogen-bond acceptors (Lipinski definition) is 4. The topological polar surface area (TPSA) is 69.2 Å². The molecule has 1 atom stereocenters. The maximum atomic E-state index is 12.8. The molecule has 26 heavy (non-hydrogen) atoms. The quantitative estimate of drug-likeness (QED) is 0.601. The number of nitrogens with zero attached hydrogens (tertiary/aromatic N) is 5. The highest BCUT2D eigenvalue weighted by atomic mass is 16.1. The lowest BCUT2D eigenvalue weighted by atomic mass is 10.1. The van der Waals surface area contributed by atoms with Crippen molar-refractivity contribution in [2.24, 2.45) is 7.05 Å². The molecule has 0 saturated carbocycles. The summed E-state index contributed by atoms with van der Waals surface area (Å²) >= 11 is 0. The molecule has 1 saturated heterocycles. The molecule has 0 aliphatic carbocycles. The van der Waals surface area contributed by atoms with E-state index in [-0.39, 0.29) is 11.7 Å². The fraction of sp³-hybridized carbons (Fsp3) is 0.316. The van der Waals surface area contributed by atoms with Gasteiger partial charge in [-0.25, -0.2) is 14.3 Å². The maximum Gasteiger partial charge on any atom is 0.330 e. The fourth-order valence-corrected chi connectivity index (χ4v) is 3.90. The number of aromatic nitrogens is 5. The summed E-state index contributed by atoms with van der Waals surface area (Å²) in [6.45, 7) is 1.82. The molecule has 132 valence electrons. The third kappa shape index (κ3) is 2.20. The van der Waals surface area contributed by atoms with Gasteiger partial charge in [-0.15, -0.1) is 0 Å². The van der Waals surface area contributed by atoms with Gasteiger partial charge in [-0.3, -0.25) is 9.13 Å². The van der Waals surface area contributed by atoms with Crippen molar-refractivity contribution in [2.45, 2.75) is 18.9 Å². The van der Waals surface area contributed by atoms with Crippen LogP contribution in [-0.4, -0.2) is 36.8 Å². The van der Waals surface area contributed by atoms with Crippen molar-refractivity contribution in [1.29, 1.82) is 0 Å². The summed E-state index contributed by atoms with van der Waals surface area (Å²) in [6.07, 6.45) is 5.82. The molecule has 7 nitrogen and oxygen atoms in total. The minimum Gasteiger partial charge on any atom is -0.315 e. The van der Waals surface area contributed by atoms with Gasteiger partial charge in [-0.05, 0) is 43.7 Å². The number of pyridine rings is 2. The van der Waals surface area contributed by atoms with E-state index in [1.165, 1.54) is 0 Å². The summed E-state index contributed by atoms with van der Waals surface area (Å²) in [4.78, 5) is 17.7. The van der Waals surface area contributed by atoms with Crippen molar-refractivity contribution in [1.82, 2.24) is 29.0 Å². The third-order valence-electron chi connectivity index (χ3n) is 5.28. The molecule has 0 spiro atoms. The van der Waals surface area contributed by atoms with Crippen LogP contribution in [0.1, 0.15) is 18.9 Å². The van der Waals surface area contributed by atoms with E-state index < -0.39 is 0 Å². The zero-order valence-electron chi connectivity index (χ0n) is 14.6. The van der Waals surface area contributed by atoms with Gasteiger partial charge in [-0.2, -0.15) is 5.10 Å². The first-order valence-electron chi connectivity index (χ1n) is 8.95. The van der Waals surface area contributed by atoms with E-state index in [0.717, 1.165) is 53.9 Å². The summed E-state index contributed by atoms with van der Waals surface area (Å²) in [6, 6.07) is 10.1. The summed E-state index contributed by atoms with van der Waals surface area (Å²) in [7, 11) is 1.81. The van der Waals surface area contributed by atoms with Gasteiger partial charge in [0.15, 0.2) is 5.65 Å². The number of nitrogens with one attached hydrogen (secondary N) is 1. The van der Waals surface area contributed by atoms with Crippen LogP contribution in [0.3, 0.4) is 0 Å². The second-order valence-electron chi connectivity index (χ2n) is 6.84. The largest absolute Gasteiger partial charge is 0.330 e. The van der Waals surface area contributed by atoms with Gasteiger partial charge in [0.2, 0.25) is 0 Å². The minimum atomic E-state index is -0.00165. The van der Waals surface area contributed by atoms with Crippen molar-refractivity contribution in [3.05, 3.63) is 53.2 Å². The molecule has 1 N–H and O–H groups in total. The number of piperidine rings is 1. The molecule has 5 heterocycles. The van der Waals surface area contributed by atoms with Crippen molar-refractivity contribution in [2.75, 3.05) is 13.1 Å². The van der Waals surface area contributed by atoms with E-state index in [1.54, 1.807) is 4.57 Å². The monoisotopic (exact) mass is 348 g/mol. The third-order valence-corrected chi connectivity index (χ3v) is 5.28. The predicted molar refractivity (Wildman–Crippen MR) is 100 cm³/mol. The second-order valence-corrected chi connectivity index (χ2v) is 6.84. The number of imidazole rings is 1. The van der Waals surface area contributed by atoms with Crippen molar-refractivity contribution < 1.29 is 0 Å². The highest BCUT2D eigenvalue weighted by Crippen LogP contribution is 2.26. The molecule has 1 fully saturated rings. The van der Waals surface area contributed by atoms with E-state index in [2.05, 4.69) is 10.4 Å². The molecule has 1 aliphatic rings. The Morgan fingerprint density at radius 2 is 2.12 bits per heavy atom. The Morgan fingerprint density at radius 3 is 2.96 bits per heavy atom. The molecule has 7 heteroatoms. The Bertz CT molecular complexity index is 1160. The van der Waals surface area contributed by atoms with Crippen LogP contribution < -0.4 is 11.0 Å². The highest BCUT2D eigenvalue weighted by Gasteiger charge is 2.22. The molecule has 0 radical (unpaired) electrons. The normalized spacial score (nSPS) is 18.0. The first kappa shape index (κ1) is 15.3. The van der Waals surface area contributed by atoms with Gasteiger partial charge >= 0.3 is 5.69 Å². The Morgan fingerprint density at radius 1 is 1.19 bits per heavy atom. The van der Waals surface area contributed by atoms with E-state index in [1.807, 2.05) is 58.9 Å². The van der Waals surface area contributed by atoms with Crippen LogP contribution in [0.2, 0.25) is 0 Å². The van der Waals surface area contributed by atoms with Gasteiger partial charge in [-0.1, -0.05) is 6.07 Å². The smallest absolute Gasteiger partial charge is 0.315 e. The summed E-state index contributed by atoms with van der Waals surface area (Å²) in [5, 5.41) is 7.79. The summed E-state index contributed by atoms with van der Waals surface area (Å²) < 4.78 is 5.39. The standard InChI is InChI=1S/C19H20N6O/c1-23-17-8-7-15(14-12-21-24-10-3-2-6-16(14)24)22-18(17)25(19(23)26)13-5-4-9-20-11-13/h2-3,6-8,10,12-13,20H,4-5,9,11H2,1H3/t13-/m0/s1. The summed E-state index contributed by atoms with van der Waals surface area (Å²) in [5.74, 6) is 0. The van der Waals surface area contributed by atoms with Crippen molar-refractivity contribution in [3.8, 4) is 11.3 Å². The number of aryl methyl sites for hydroxylation is 1. The summed E-state index contributed by atoms with van der Waals surface area (Å²) in [5.41, 5.74) is 4.42. The van der Waals surface area contributed by atoms with Gasteiger partial charge in [0.25, 0.3) is 0 Å². The van der Waals surface area contributed by atoms with Crippen LogP contribution in [0, 0.1) is 0 Å². The molecule has 0 amide bonds. The van der Waals surface area contributed by atoms with E-state index >= 15 is 0 Å². The number of rotatable bonds is 2. The Kier molecular flexibility index (Phi) is 3.43. The highest BCUT2D eigenvalue weighted by molar-refractivity contribution is 5.82. The second kappa shape index (κ2) is 5.81. The average Bonchev–Trinajstić information content (AvgIpc) is 3.22. The first-order chi connectivity index (χ1) is 12.7. The lowest BCUT2D eigenvalue weighted by Gasteiger charge is -2.23. The lowest BCUT2D eigenvalue weighted by Crippen LogP contribution is -2.36. The van der Waals surface area contributed by atoms with E-state index in [4.69, 9.17) is 4.98 Å². The average molecular weight is 348 g/mol. The molecule has 1 aliphatic heterocycles. The maximum absolute atomic E-state index is 12.8. The van der Waals surface area contributed by atoms with Crippen LogP contribution in [0.25, 0.3) is 27.9 Å². The molecular formula is C19H20N6O. The van der Waals surface area contributed by atoms with Gasteiger partial charge in [0.1, 0.15) is 0 Å². The molecule has 5 rings (SSSR count). The van der Waals surface area contributed by atoms with Crippen molar-refractivity contribution in [3.63, 3.8) is 0 Å². The molecule has 0 unspecified atom stereocenters. The van der Waals surface area contributed by atoms with E-state index in [9.17, 15) is 4.79 Å². The zero-order valence-corrected chi connectivity index (χ0v) is 14.6. The molecule has 4 aromatic rings. The van der Waals surface area contributed by atoms with Crippen molar-refractivity contribution >= 4 is 16.7 Å².